The lowest BCUT2D eigenvalue weighted by atomic mass is 10.2. The van der Waals surface area contributed by atoms with E-state index in [2.05, 4.69) is 37.1 Å². The van der Waals surface area contributed by atoms with Gasteiger partial charge in [0.1, 0.15) is 5.82 Å². The predicted octanol–water partition coefficient (Wildman–Crippen LogP) is 2.98. The molecule has 0 aliphatic carbocycles. The summed E-state index contributed by atoms with van der Waals surface area (Å²) in [7, 11) is 0. The lowest BCUT2D eigenvalue weighted by Crippen LogP contribution is -1.89. The van der Waals surface area contributed by atoms with Crippen molar-refractivity contribution in [2.24, 2.45) is 4.99 Å². The summed E-state index contributed by atoms with van der Waals surface area (Å²) in [5.41, 5.74) is 6.00. The summed E-state index contributed by atoms with van der Waals surface area (Å²) >= 11 is 0. The largest absolute Gasteiger partial charge is 0.337 e. The Morgan fingerprint density at radius 3 is 2.85 bits per heavy atom. The van der Waals surface area contributed by atoms with Gasteiger partial charge in [-0.3, -0.25) is 4.98 Å². The van der Waals surface area contributed by atoms with Crippen LogP contribution < -0.4 is 0 Å². The number of fused-ring (bicyclic) bond motifs is 2. The van der Waals surface area contributed by atoms with Crippen LogP contribution in [0.1, 0.15) is 18.1 Å². The van der Waals surface area contributed by atoms with Gasteiger partial charge in [-0.25, -0.2) is 15.0 Å². The highest BCUT2D eigenvalue weighted by Gasteiger charge is 2.16. The van der Waals surface area contributed by atoms with Gasteiger partial charge in [0.25, 0.3) is 0 Å². The number of aromatic nitrogens is 4. The van der Waals surface area contributed by atoms with Gasteiger partial charge in [0.15, 0.2) is 11.5 Å². The number of nitrogens with zero attached hydrogens (tertiary/aromatic N) is 4. The first-order chi connectivity index (χ1) is 9.69. The van der Waals surface area contributed by atoms with E-state index in [0.29, 0.717) is 5.65 Å². The zero-order valence-electron chi connectivity index (χ0n) is 11.3. The number of imidazole rings is 1. The van der Waals surface area contributed by atoms with Crippen LogP contribution in [0.3, 0.4) is 0 Å². The summed E-state index contributed by atoms with van der Waals surface area (Å²) in [6.45, 7) is 4.04. The minimum Gasteiger partial charge on any atom is -0.337 e. The smallest absolute Gasteiger partial charge is 0.180 e. The number of hydrogen-bond donors (Lipinski definition) is 1. The maximum atomic E-state index is 4.55. The van der Waals surface area contributed by atoms with E-state index in [-0.39, 0.29) is 0 Å². The van der Waals surface area contributed by atoms with Gasteiger partial charge in [-0.05, 0) is 31.5 Å². The molecule has 0 unspecified atom stereocenters. The van der Waals surface area contributed by atoms with Crippen molar-refractivity contribution in [3.63, 3.8) is 0 Å². The molecule has 5 nitrogen and oxygen atoms in total. The molecular weight excluding hydrogens is 250 g/mol. The lowest BCUT2D eigenvalue weighted by Gasteiger charge is -1.96. The second-order valence-electron chi connectivity index (χ2n) is 5.20. The average Bonchev–Trinajstić information content (AvgIpc) is 2.97. The van der Waals surface area contributed by atoms with Crippen molar-refractivity contribution in [3.8, 4) is 11.4 Å². The van der Waals surface area contributed by atoms with E-state index < -0.39 is 0 Å². The Bertz CT molecular complexity index is 860. The highest BCUT2D eigenvalue weighted by atomic mass is 15.0. The summed E-state index contributed by atoms with van der Waals surface area (Å²) in [6, 6.07) is 4.15. The summed E-state index contributed by atoms with van der Waals surface area (Å²) in [5.74, 6) is 1.60. The van der Waals surface area contributed by atoms with Crippen molar-refractivity contribution in [3.05, 3.63) is 35.7 Å². The van der Waals surface area contributed by atoms with Crippen LogP contribution in [-0.2, 0) is 6.42 Å². The van der Waals surface area contributed by atoms with Gasteiger partial charge in [0, 0.05) is 35.7 Å². The van der Waals surface area contributed by atoms with Crippen LogP contribution in [0, 0.1) is 6.92 Å². The van der Waals surface area contributed by atoms with Crippen LogP contribution >= 0.6 is 0 Å². The maximum Gasteiger partial charge on any atom is 0.180 e. The third kappa shape index (κ3) is 1.71. The van der Waals surface area contributed by atoms with E-state index in [9.17, 15) is 0 Å². The van der Waals surface area contributed by atoms with Crippen LogP contribution in [0.25, 0.3) is 22.6 Å². The highest BCUT2D eigenvalue weighted by molar-refractivity contribution is 5.93. The Hall–Kier alpha value is -2.56. The van der Waals surface area contributed by atoms with Crippen molar-refractivity contribution < 1.29 is 0 Å². The zero-order valence-corrected chi connectivity index (χ0v) is 11.3. The van der Waals surface area contributed by atoms with Gasteiger partial charge in [-0.15, -0.1) is 0 Å². The summed E-state index contributed by atoms with van der Waals surface area (Å²) in [4.78, 5) is 21.0. The SMILES string of the molecule is CC1=Nc2nc3nc(-c4cncc(C)c4)[nH]c3cc2C1. The van der Waals surface area contributed by atoms with Crippen molar-refractivity contribution in [2.45, 2.75) is 20.3 Å². The second-order valence-corrected chi connectivity index (χ2v) is 5.20. The van der Waals surface area contributed by atoms with Crippen molar-refractivity contribution in [1.82, 2.24) is 19.9 Å². The van der Waals surface area contributed by atoms with E-state index in [1.54, 1.807) is 6.20 Å². The lowest BCUT2D eigenvalue weighted by molar-refractivity contribution is 1.23. The fraction of sp³-hybridized carbons (Fsp3) is 0.200. The molecule has 0 radical (unpaired) electrons. The number of nitrogens with one attached hydrogen (secondary N) is 1. The van der Waals surface area contributed by atoms with Gasteiger partial charge < -0.3 is 4.98 Å². The van der Waals surface area contributed by atoms with Gasteiger partial charge in [-0.2, -0.15) is 0 Å². The number of rotatable bonds is 1. The first-order valence-electron chi connectivity index (χ1n) is 6.55. The molecule has 0 saturated heterocycles. The van der Waals surface area contributed by atoms with Crippen molar-refractivity contribution >= 4 is 22.7 Å². The average molecular weight is 263 g/mol. The molecule has 0 bridgehead atoms. The number of aliphatic imine (C=N–C) groups is 1. The quantitative estimate of drug-likeness (QED) is 0.734. The molecule has 0 aromatic carbocycles. The summed E-state index contributed by atoms with van der Waals surface area (Å²) < 4.78 is 0. The molecule has 0 fully saturated rings. The number of H-pyrrole nitrogens is 1. The summed E-state index contributed by atoms with van der Waals surface area (Å²) in [5, 5.41) is 0. The topological polar surface area (TPSA) is 66.8 Å². The number of hydrogen-bond acceptors (Lipinski definition) is 4. The third-order valence-electron chi connectivity index (χ3n) is 3.42. The van der Waals surface area contributed by atoms with Crippen LogP contribution in [0.4, 0.5) is 5.82 Å². The molecule has 0 atom stereocenters. The van der Waals surface area contributed by atoms with Crippen molar-refractivity contribution in [1.29, 1.82) is 0 Å². The summed E-state index contributed by atoms with van der Waals surface area (Å²) in [6.07, 6.45) is 4.51. The van der Waals surface area contributed by atoms with E-state index in [4.69, 9.17) is 0 Å². The highest BCUT2D eigenvalue weighted by Crippen LogP contribution is 2.28. The Morgan fingerprint density at radius 2 is 2.00 bits per heavy atom. The third-order valence-corrected chi connectivity index (χ3v) is 3.42. The first kappa shape index (κ1) is 11.3. The minimum atomic E-state index is 0.707. The molecule has 4 heterocycles. The monoisotopic (exact) mass is 263 g/mol. The van der Waals surface area contributed by atoms with Crippen LogP contribution in [-0.4, -0.2) is 25.6 Å². The molecule has 4 rings (SSSR count). The molecule has 98 valence electrons. The van der Waals surface area contributed by atoms with E-state index in [1.807, 2.05) is 20.0 Å². The number of pyridine rings is 2. The zero-order chi connectivity index (χ0) is 13.7. The van der Waals surface area contributed by atoms with Gasteiger partial charge >= 0.3 is 0 Å². The van der Waals surface area contributed by atoms with E-state index in [1.165, 1.54) is 0 Å². The first-order valence-corrected chi connectivity index (χ1v) is 6.55. The second kappa shape index (κ2) is 3.96. The minimum absolute atomic E-state index is 0.707. The molecule has 3 aromatic heterocycles. The molecule has 1 aliphatic rings. The maximum absolute atomic E-state index is 4.55. The molecule has 1 N–H and O–H groups in total. The number of aromatic amines is 1. The van der Waals surface area contributed by atoms with Crippen molar-refractivity contribution in [2.75, 3.05) is 0 Å². The van der Waals surface area contributed by atoms with Crippen LogP contribution in [0.5, 0.6) is 0 Å². The molecule has 3 aromatic rings. The van der Waals surface area contributed by atoms with Gasteiger partial charge in [0.2, 0.25) is 0 Å². The molecule has 1 aliphatic heterocycles. The Morgan fingerprint density at radius 1 is 1.10 bits per heavy atom. The molecule has 0 amide bonds. The van der Waals surface area contributed by atoms with Gasteiger partial charge in [0.05, 0.1) is 5.52 Å². The van der Waals surface area contributed by atoms with Crippen LogP contribution in [0.2, 0.25) is 0 Å². The fourth-order valence-corrected chi connectivity index (χ4v) is 2.52. The fourth-order valence-electron chi connectivity index (χ4n) is 2.52. The molecule has 0 saturated carbocycles. The van der Waals surface area contributed by atoms with E-state index in [0.717, 1.165) is 46.0 Å². The molecule has 20 heavy (non-hydrogen) atoms. The van der Waals surface area contributed by atoms with Crippen LogP contribution in [0.15, 0.2) is 29.5 Å². The molecule has 0 spiro atoms. The molecule has 5 heteroatoms. The standard InChI is InChI=1S/C15H13N5/c1-8-3-11(7-16-6-8)14-18-12-5-10-4-9(2)17-13(10)19-15(12)20-14/h3,5-7H,4H2,1-2H3,(H,18,19,20). The van der Waals surface area contributed by atoms with Gasteiger partial charge in [-0.1, -0.05) is 0 Å². The Kier molecular flexibility index (Phi) is 2.24. The van der Waals surface area contributed by atoms with E-state index >= 15 is 0 Å². The molecular formula is C15H13N5. The number of aryl methyl sites for hydroxylation is 1. The Balaban J connectivity index is 1.88. The normalized spacial score (nSPS) is 13.6. The Labute approximate surface area is 115 Å². The predicted molar refractivity (Wildman–Crippen MR) is 78.3 cm³/mol.